The van der Waals surface area contributed by atoms with Crippen molar-refractivity contribution in [3.8, 4) is 22.6 Å². The van der Waals surface area contributed by atoms with Gasteiger partial charge in [0.15, 0.2) is 18.1 Å². The number of alkyl carbamates (subject to hydrolysis) is 1. The molecule has 3 aromatic carbocycles. The first-order valence-electron chi connectivity index (χ1n) is 12.0. The van der Waals surface area contributed by atoms with Gasteiger partial charge in [0.1, 0.15) is 18.8 Å². The summed E-state index contributed by atoms with van der Waals surface area (Å²) in [6.45, 7) is 1.18. The molecule has 4 N–H and O–H groups in total. The third-order valence-electron chi connectivity index (χ3n) is 6.13. The minimum absolute atomic E-state index is 0.0134. The lowest BCUT2D eigenvalue weighted by Gasteiger charge is -2.22. The van der Waals surface area contributed by atoms with Gasteiger partial charge in [0.2, 0.25) is 0 Å². The van der Waals surface area contributed by atoms with Crippen LogP contribution in [-0.4, -0.2) is 59.9 Å². The van der Waals surface area contributed by atoms with Crippen molar-refractivity contribution in [2.75, 3.05) is 26.4 Å². The number of benzene rings is 3. The van der Waals surface area contributed by atoms with Crippen LogP contribution in [-0.2, 0) is 9.53 Å². The summed E-state index contributed by atoms with van der Waals surface area (Å²) in [5.74, 6) is -1.07. The molecule has 2 unspecified atom stereocenters. The molecule has 3 aromatic rings. The lowest BCUT2D eigenvalue weighted by molar-refractivity contribution is -0.139. The van der Waals surface area contributed by atoms with Crippen molar-refractivity contribution in [3.05, 3.63) is 83.4 Å². The van der Waals surface area contributed by atoms with E-state index in [1.54, 1.807) is 19.1 Å². The predicted molar refractivity (Wildman–Crippen MR) is 135 cm³/mol. The summed E-state index contributed by atoms with van der Waals surface area (Å²) in [5, 5.41) is 32.7. The molecule has 9 heteroatoms. The minimum atomic E-state index is -1.49. The number of carboxylic acids is 1. The number of amides is 1. The molecule has 0 saturated heterocycles. The molecule has 4 rings (SSSR count). The maximum Gasteiger partial charge on any atom is 0.407 e. The van der Waals surface area contributed by atoms with E-state index in [1.807, 2.05) is 48.5 Å². The Bertz CT molecular complexity index is 1210. The number of hydrogen-bond acceptors (Lipinski definition) is 7. The van der Waals surface area contributed by atoms with Crippen LogP contribution in [0.1, 0.15) is 35.6 Å². The van der Waals surface area contributed by atoms with E-state index in [-0.39, 0.29) is 42.7 Å². The second-order valence-corrected chi connectivity index (χ2v) is 8.51. The highest BCUT2D eigenvalue weighted by molar-refractivity contribution is 5.79. The van der Waals surface area contributed by atoms with Crippen molar-refractivity contribution < 1.29 is 39.1 Å². The molecule has 0 bridgehead atoms. The number of fused-ring (bicyclic) bond motifs is 3. The van der Waals surface area contributed by atoms with Crippen LogP contribution in [0.2, 0.25) is 0 Å². The third-order valence-corrected chi connectivity index (χ3v) is 6.13. The molecule has 0 aliphatic heterocycles. The third kappa shape index (κ3) is 5.84. The molecule has 0 radical (unpaired) electrons. The second-order valence-electron chi connectivity index (χ2n) is 8.51. The number of aliphatic hydroxyl groups is 2. The van der Waals surface area contributed by atoms with Crippen LogP contribution < -0.4 is 14.8 Å². The summed E-state index contributed by atoms with van der Waals surface area (Å²) in [7, 11) is 0. The van der Waals surface area contributed by atoms with E-state index in [2.05, 4.69) is 5.32 Å². The summed E-state index contributed by atoms with van der Waals surface area (Å²) in [4.78, 5) is 23.4. The zero-order valence-electron chi connectivity index (χ0n) is 20.3. The van der Waals surface area contributed by atoms with Crippen LogP contribution in [0.25, 0.3) is 11.1 Å². The molecule has 0 heterocycles. The van der Waals surface area contributed by atoms with Crippen LogP contribution in [0.3, 0.4) is 0 Å². The molecule has 2 atom stereocenters. The van der Waals surface area contributed by atoms with Gasteiger partial charge in [-0.25, -0.2) is 9.59 Å². The fourth-order valence-electron chi connectivity index (χ4n) is 4.48. The highest BCUT2D eigenvalue weighted by atomic mass is 16.5. The molecule has 0 saturated carbocycles. The standard InChI is InChI=1S/C28H29NO8/c1-2-35-24-13-7-12-21(27(24)36-16-25(31)32)26(33)23(30)14-29-28(34)37-15-22-19-10-5-3-8-17(19)18-9-4-6-11-20(18)22/h3-13,22-23,26,30,33H,2,14-16H2,1H3,(H,29,34)(H,31,32). The van der Waals surface area contributed by atoms with Crippen molar-refractivity contribution in [3.63, 3.8) is 0 Å². The number of aliphatic hydroxyl groups excluding tert-OH is 2. The summed E-state index contributed by atoms with van der Waals surface area (Å²) >= 11 is 0. The first-order valence-corrected chi connectivity index (χ1v) is 12.0. The van der Waals surface area contributed by atoms with E-state index >= 15 is 0 Å². The molecule has 9 nitrogen and oxygen atoms in total. The number of ether oxygens (including phenoxy) is 3. The highest BCUT2D eigenvalue weighted by Gasteiger charge is 2.29. The summed E-state index contributed by atoms with van der Waals surface area (Å²) in [6, 6.07) is 20.6. The van der Waals surface area contributed by atoms with E-state index in [9.17, 15) is 19.8 Å². The monoisotopic (exact) mass is 507 g/mol. The largest absolute Gasteiger partial charge is 0.490 e. The number of carboxylic acid groups (broad SMARTS) is 1. The molecule has 194 valence electrons. The molecular weight excluding hydrogens is 478 g/mol. The van der Waals surface area contributed by atoms with Gasteiger partial charge in [-0.05, 0) is 35.2 Å². The smallest absolute Gasteiger partial charge is 0.407 e. The number of aliphatic carboxylic acids is 1. The number of carbonyl (C=O) groups is 2. The number of nitrogens with one attached hydrogen (secondary N) is 1. The molecule has 0 fully saturated rings. The van der Waals surface area contributed by atoms with E-state index < -0.39 is 30.9 Å². The van der Waals surface area contributed by atoms with Gasteiger partial charge in [-0.2, -0.15) is 0 Å². The van der Waals surface area contributed by atoms with Crippen molar-refractivity contribution >= 4 is 12.1 Å². The Morgan fingerprint density at radius 1 is 0.919 bits per heavy atom. The molecule has 0 aromatic heterocycles. The van der Waals surface area contributed by atoms with Gasteiger partial charge < -0.3 is 34.8 Å². The topological polar surface area (TPSA) is 135 Å². The molecule has 0 spiro atoms. The van der Waals surface area contributed by atoms with Crippen LogP contribution in [0.4, 0.5) is 4.79 Å². The van der Waals surface area contributed by atoms with Gasteiger partial charge >= 0.3 is 12.1 Å². The van der Waals surface area contributed by atoms with Crippen LogP contribution in [0, 0.1) is 0 Å². The molecule has 37 heavy (non-hydrogen) atoms. The van der Waals surface area contributed by atoms with Crippen LogP contribution in [0.5, 0.6) is 11.5 Å². The van der Waals surface area contributed by atoms with Crippen molar-refractivity contribution in [2.45, 2.75) is 25.0 Å². The average Bonchev–Trinajstić information content (AvgIpc) is 3.23. The molecule has 1 aliphatic rings. The Balaban J connectivity index is 1.37. The van der Waals surface area contributed by atoms with Crippen LogP contribution in [0.15, 0.2) is 66.7 Å². The Morgan fingerprint density at radius 3 is 2.19 bits per heavy atom. The van der Waals surface area contributed by atoms with Crippen LogP contribution >= 0.6 is 0 Å². The number of carbonyl (C=O) groups excluding carboxylic acids is 1. The van der Waals surface area contributed by atoms with Crippen molar-refractivity contribution in [1.29, 1.82) is 0 Å². The Morgan fingerprint density at radius 2 is 1.57 bits per heavy atom. The van der Waals surface area contributed by atoms with E-state index in [1.165, 1.54) is 6.07 Å². The first kappa shape index (κ1) is 26.0. The summed E-state index contributed by atoms with van der Waals surface area (Å²) in [6.07, 6.45) is -3.65. The number of para-hydroxylation sites is 1. The van der Waals surface area contributed by atoms with E-state index in [4.69, 9.17) is 19.3 Å². The normalized spacial score (nSPS) is 13.7. The Labute approximate surface area is 214 Å². The lowest BCUT2D eigenvalue weighted by Crippen LogP contribution is -2.36. The predicted octanol–water partition coefficient (Wildman–Crippen LogP) is 3.48. The number of hydrogen-bond donors (Lipinski definition) is 4. The lowest BCUT2D eigenvalue weighted by atomic mass is 9.98. The van der Waals surface area contributed by atoms with Crippen molar-refractivity contribution in [2.24, 2.45) is 0 Å². The fraction of sp³-hybridized carbons (Fsp3) is 0.286. The van der Waals surface area contributed by atoms with E-state index in [0.29, 0.717) is 0 Å². The van der Waals surface area contributed by atoms with Gasteiger partial charge in [-0.1, -0.05) is 60.7 Å². The highest BCUT2D eigenvalue weighted by Crippen LogP contribution is 2.44. The SMILES string of the molecule is CCOc1cccc(C(O)C(O)CNC(=O)OCC2c3ccccc3-c3ccccc32)c1OCC(=O)O. The fourth-order valence-corrected chi connectivity index (χ4v) is 4.48. The first-order chi connectivity index (χ1) is 17.9. The number of rotatable bonds is 11. The minimum Gasteiger partial charge on any atom is -0.490 e. The maximum absolute atomic E-state index is 12.4. The zero-order chi connectivity index (χ0) is 26.4. The van der Waals surface area contributed by atoms with Crippen molar-refractivity contribution in [1.82, 2.24) is 5.32 Å². The molecular formula is C28H29NO8. The second kappa shape index (κ2) is 11.8. The Hall–Kier alpha value is -4.08. The maximum atomic E-state index is 12.4. The van der Waals surface area contributed by atoms with Gasteiger partial charge in [-0.3, -0.25) is 0 Å². The van der Waals surface area contributed by atoms with E-state index in [0.717, 1.165) is 22.3 Å². The van der Waals surface area contributed by atoms with Gasteiger partial charge in [0.25, 0.3) is 0 Å². The van der Waals surface area contributed by atoms with Gasteiger partial charge in [-0.15, -0.1) is 0 Å². The zero-order valence-corrected chi connectivity index (χ0v) is 20.3. The molecule has 1 aliphatic carbocycles. The van der Waals surface area contributed by atoms with Gasteiger partial charge in [0, 0.05) is 18.0 Å². The summed E-state index contributed by atoms with van der Waals surface area (Å²) < 4.78 is 16.3. The Kier molecular flexibility index (Phi) is 8.27. The average molecular weight is 508 g/mol. The summed E-state index contributed by atoms with van der Waals surface area (Å²) in [5.41, 5.74) is 4.51. The van der Waals surface area contributed by atoms with Gasteiger partial charge in [0.05, 0.1) is 6.61 Å². The molecule has 1 amide bonds. The quantitative estimate of drug-likeness (QED) is 0.310.